The van der Waals surface area contributed by atoms with Gasteiger partial charge >= 0.3 is 0 Å². The number of rotatable bonds is 7. The maximum Gasteiger partial charge on any atom is 0.165 e. The number of phenols is 8. The molecule has 8 N–H and O–H groups in total. The normalized spacial score (nSPS) is 12.2. The molecule has 1 atom stereocenters. The number of hydrogen-bond donors (Lipinski definition) is 8. The van der Waals surface area contributed by atoms with Gasteiger partial charge in [-0.2, -0.15) is 0 Å². The fourth-order valence-corrected chi connectivity index (χ4v) is 11.0. The Hall–Kier alpha value is -9.40. The highest BCUT2D eigenvalue weighted by molar-refractivity contribution is 6.06. The average Bonchev–Trinajstić information content (AvgIpc) is 3.37. The van der Waals surface area contributed by atoms with Crippen LogP contribution in [0.15, 0.2) is 194 Å². The van der Waals surface area contributed by atoms with Crippen molar-refractivity contribution in [3.05, 3.63) is 228 Å². The van der Waals surface area contributed by atoms with Gasteiger partial charge in [-0.1, -0.05) is 133 Å². The van der Waals surface area contributed by atoms with Crippen LogP contribution in [0.4, 0.5) is 0 Å². The second-order valence-corrected chi connectivity index (χ2v) is 18.0. The van der Waals surface area contributed by atoms with E-state index in [1.165, 1.54) is 12.1 Å². The minimum absolute atomic E-state index is 0.000238. The Morgan fingerprint density at radius 2 is 0.700 bits per heavy atom. The molecule has 0 spiro atoms. The van der Waals surface area contributed by atoms with Crippen LogP contribution in [-0.4, -0.2) is 40.9 Å². The Balaban J connectivity index is 1.17. The maximum absolute atomic E-state index is 12.0. The second-order valence-electron chi connectivity index (χ2n) is 18.0. The van der Waals surface area contributed by atoms with Crippen molar-refractivity contribution >= 4 is 64.6 Å². The molecule has 0 radical (unpaired) electrons. The third kappa shape index (κ3) is 6.60. The van der Waals surface area contributed by atoms with Gasteiger partial charge in [0.05, 0.1) is 0 Å². The van der Waals surface area contributed by atoms with Crippen LogP contribution >= 0.6 is 0 Å². The van der Waals surface area contributed by atoms with Gasteiger partial charge in [-0.15, -0.1) is 0 Å². The van der Waals surface area contributed by atoms with Crippen molar-refractivity contribution < 1.29 is 40.9 Å². The molecule has 1 unspecified atom stereocenters. The van der Waals surface area contributed by atoms with Gasteiger partial charge in [0.15, 0.2) is 23.0 Å². The summed E-state index contributed by atoms with van der Waals surface area (Å²) in [5, 5.41) is 99.1. The van der Waals surface area contributed by atoms with Gasteiger partial charge in [-0.3, -0.25) is 0 Å². The van der Waals surface area contributed by atoms with Crippen LogP contribution < -0.4 is 0 Å². The summed E-state index contributed by atoms with van der Waals surface area (Å²) < 4.78 is 0. The van der Waals surface area contributed by atoms with Crippen molar-refractivity contribution in [2.24, 2.45) is 0 Å². The lowest BCUT2D eigenvalue weighted by molar-refractivity contribution is 0.408. The first-order chi connectivity index (χ1) is 34.0. The summed E-state index contributed by atoms with van der Waals surface area (Å²) in [5.74, 6) is -2.55. The van der Waals surface area contributed by atoms with Gasteiger partial charge < -0.3 is 40.9 Å². The highest BCUT2D eigenvalue weighted by atomic mass is 16.3. The molecule has 0 aliphatic carbocycles. The number of benzene rings is 12. The molecule has 0 fully saturated rings. The number of fused-ring (bicyclic) bond motifs is 6. The van der Waals surface area contributed by atoms with E-state index in [1.807, 2.05) is 78.9 Å². The molecule has 12 aromatic carbocycles. The standard InChI is InChI=1S/C62H42O8/c63-37-21-17-34-19-25-53(65)58(49(34)31-37)60(59-50-32-38(64)22-18-35(50)20-26-54(59)66)47-15-5-11-41-40(10-4-12-42(41)47)36-29-51(44-24-28-56(68)62(70)52(44)30-36)57(45-13-3-8-33-7-1-2-9-39(33)45)46-14-6-16-48-43(46)23-27-55(67)61(48)69/h1-32,57,60,63-70H. The summed E-state index contributed by atoms with van der Waals surface area (Å²) in [6.07, 6.45) is 0. The van der Waals surface area contributed by atoms with Gasteiger partial charge in [0.25, 0.3) is 0 Å². The SMILES string of the molecule is Oc1ccc2ccc(O)c(C(c3c(O)ccc4ccc(O)cc34)c3cccc4c(-c5cc(C(c6cccc7ccccc67)c6cccc7c(O)c(O)ccc67)c6ccc(O)c(O)c6c5)cccc34)c2c1. The largest absolute Gasteiger partial charge is 0.508 e. The summed E-state index contributed by atoms with van der Waals surface area (Å²) in [6.45, 7) is 0. The molecular weight excluding hydrogens is 873 g/mol. The van der Waals surface area contributed by atoms with E-state index in [9.17, 15) is 40.9 Å². The van der Waals surface area contributed by atoms with E-state index in [2.05, 4.69) is 30.3 Å². The maximum atomic E-state index is 12.0. The van der Waals surface area contributed by atoms with Crippen molar-refractivity contribution in [2.45, 2.75) is 11.8 Å². The van der Waals surface area contributed by atoms with E-state index >= 15 is 0 Å². The third-order valence-electron chi connectivity index (χ3n) is 14.1. The van der Waals surface area contributed by atoms with Gasteiger partial charge in [-0.05, 0) is 148 Å². The Morgan fingerprint density at radius 1 is 0.257 bits per heavy atom. The van der Waals surface area contributed by atoms with Crippen molar-refractivity contribution in [1.82, 2.24) is 0 Å². The minimum Gasteiger partial charge on any atom is -0.508 e. The predicted molar refractivity (Wildman–Crippen MR) is 278 cm³/mol. The topological polar surface area (TPSA) is 162 Å². The first-order valence-electron chi connectivity index (χ1n) is 22.8. The summed E-state index contributed by atoms with van der Waals surface area (Å²) in [5.41, 5.74) is 5.67. The predicted octanol–water partition coefficient (Wildman–Crippen LogP) is 14.3. The highest BCUT2D eigenvalue weighted by Crippen LogP contribution is 2.52. The zero-order valence-electron chi connectivity index (χ0n) is 37.2. The van der Waals surface area contributed by atoms with Crippen LogP contribution in [0, 0.1) is 0 Å². The van der Waals surface area contributed by atoms with Crippen molar-refractivity contribution in [3.8, 4) is 57.1 Å². The molecule has 12 rings (SSSR count). The van der Waals surface area contributed by atoms with Crippen LogP contribution in [0.1, 0.15) is 45.2 Å². The molecule has 0 saturated carbocycles. The van der Waals surface area contributed by atoms with E-state index in [-0.39, 0.29) is 46.0 Å². The third-order valence-corrected chi connectivity index (χ3v) is 14.1. The Morgan fingerprint density at radius 3 is 1.36 bits per heavy atom. The summed E-state index contributed by atoms with van der Waals surface area (Å²) in [7, 11) is 0. The molecule has 0 bridgehead atoms. The van der Waals surface area contributed by atoms with E-state index in [0.717, 1.165) is 54.6 Å². The van der Waals surface area contributed by atoms with Gasteiger partial charge in [0.1, 0.15) is 23.0 Å². The highest BCUT2D eigenvalue weighted by Gasteiger charge is 2.30. The van der Waals surface area contributed by atoms with Crippen molar-refractivity contribution in [3.63, 3.8) is 0 Å². The molecular formula is C62H42O8. The zero-order valence-corrected chi connectivity index (χ0v) is 37.2. The fraction of sp³-hybridized carbons (Fsp3) is 0.0323. The average molecular weight is 915 g/mol. The van der Waals surface area contributed by atoms with Gasteiger partial charge in [-0.25, -0.2) is 0 Å². The molecule has 0 aromatic heterocycles. The Kier molecular flexibility index (Phi) is 9.68. The number of aromatic hydroxyl groups is 8. The molecule has 0 saturated heterocycles. The second kappa shape index (κ2) is 16.1. The Labute approximate surface area is 400 Å². The van der Waals surface area contributed by atoms with Crippen LogP contribution in [0.2, 0.25) is 0 Å². The molecule has 0 heterocycles. The Bertz CT molecular complexity index is 4030. The number of hydrogen-bond acceptors (Lipinski definition) is 8. The summed E-state index contributed by atoms with van der Waals surface area (Å²) >= 11 is 0. The minimum atomic E-state index is -0.860. The van der Waals surface area contributed by atoms with E-state index < -0.39 is 11.8 Å². The molecule has 0 amide bonds. The quantitative estimate of drug-likeness (QED) is 0.0579. The van der Waals surface area contributed by atoms with Gasteiger partial charge in [0.2, 0.25) is 0 Å². The molecule has 12 aromatic rings. The molecule has 338 valence electrons. The fourth-order valence-electron chi connectivity index (χ4n) is 11.0. The smallest absolute Gasteiger partial charge is 0.165 e. The molecule has 0 aliphatic rings. The van der Waals surface area contributed by atoms with E-state index in [1.54, 1.807) is 72.8 Å². The van der Waals surface area contributed by atoms with Crippen LogP contribution in [0.3, 0.4) is 0 Å². The molecule has 0 aliphatic heterocycles. The molecule has 70 heavy (non-hydrogen) atoms. The molecule has 8 nitrogen and oxygen atoms in total. The van der Waals surface area contributed by atoms with E-state index in [0.29, 0.717) is 54.6 Å². The summed E-state index contributed by atoms with van der Waals surface area (Å²) in [6, 6.07) is 59.1. The van der Waals surface area contributed by atoms with Crippen molar-refractivity contribution in [2.75, 3.05) is 0 Å². The lowest BCUT2D eigenvalue weighted by Gasteiger charge is -2.26. The zero-order chi connectivity index (χ0) is 47.9. The van der Waals surface area contributed by atoms with Crippen LogP contribution in [0.25, 0.3) is 75.8 Å². The lowest BCUT2D eigenvalue weighted by atomic mass is 9.77. The summed E-state index contributed by atoms with van der Waals surface area (Å²) in [4.78, 5) is 0. The van der Waals surface area contributed by atoms with Crippen LogP contribution in [-0.2, 0) is 0 Å². The van der Waals surface area contributed by atoms with Crippen LogP contribution in [0.5, 0.6) is 46.0 Å². The van der Waals surface area contributed by atoms with E-state index in [4.69, 9.17) is 0 Å². The number of phenolic OH excluding ortho intramolecular Hbond substituents is 8. The monoisotopic (exact) mass is 914 g/mol. The van der Waals surface area contributed by atoms with Gasteiger partial charge in [0, 0.05) is 33.7 Å². The first-order valence-corrected chi connectivity index (χ1v) is 22.8. The lowest BCUT2D eigenvalue weighted by Crippen LogP contribution is -2.07. The molecule has 8 heteroatoms. The first kappa shape index (κ1) is 42.0. The van der Waals surface area contributed by atoms with Crippen molar-refractivity contribution in [1.29, 1.82) is 0 Å².